The number of hydrogen-bond donors (Lipinski definition) is 0. The van der Waals surface area contributed by atoms with Crippen molar-refractivity contribution in [2.24, 2.45) is 7.05 Å². The van der Waals surface area contributed by atoms with E-state index in [4.69, 9.17) is 10.7 Å². The van der Waals surface area contributed by atoms with Crippen molar-refractivity contribution < 1.29 is 12.8 Å². The zero-order valence-corrected chi connectivity index (χ0v) is 11.2. The fourth-order valence-electron chi connectivity index (χ4n) is 1.81. The largest absolute Gasteiger partial charge is 0.341 e. The molecule has 18 heavy (non-hydrogen) atoms. The van der Waals surface area contributed by atoms with E-state index in [0.717, 1.165) is 0 Å². The highest BCUT2D eigenvalue weighted by atomic mass is 35.7. The van der Waals surface area contributed by atoms with Gasteiger partial charge >= 0.3 is 0 Å². The molecule has 1 aromatic carbocycles. The lowest BCUT2D eigenvalue weighted by molar-refractivity contribution is 0.600. The molecule has 0 bridgehead atoms. The number of halogens is 2. The zero-order chi connectivity index (χ0) is 13.3. The van der Waals surface area contributed by atoms with E-state index in [0.29, 0.717) is 17.5 Å². The molecule has 1 aromatic heterocycles. The molecule has 1 heterocycles. The quantitative estimate of drug-likeness (QED) is 0.814. The van der Waals surface area contributed by atoms with Gasteiger partial charge in [0.1, 0.15) is 5.82 Å². The van der Waals surface area contributed by atoms with Crippen LogP contribution < -0.4 is 0 Å². The first kappa shape index (κ1) is 13.1. The minimum atomic E-state index is -3.77. The van der Waals surface area contributed by atoms with Gasteiger partial charge in [0.2, 0.25) is 0 Å². The van der Waals surface area contributed by atoms with Crippen LogP contribution >= 0.6 is 10.7 Å². The molecule has 0 atom stereocenters. The highest BCUT2D eigenvalue weighted by Crippen LogP contribution is 2.20. The standard InChI is InChI=1S/C12H11ClFNO2S/c1-15-8-9(7-12(15)18(13,16)17)6-10-4-2-3-5-11(10)14/h2-5,7-8H,6H2,1H3. The molecule has 0 amide bonds. The zero-order valence-electron chi connectivity index (χ0n) is 9.60. The lowest BCUT2D eigenvalue weighted by atomic mass is 10.1. The molecule has 6 heteroatoms. The summed E-state index contributed by atoms with van der Waals surface area (Å²) >= 11 is 0. The molecule has 0 fully saturated rings. The maximum Gasteiger partial charge on any atom is 0.276 e. The fourth-order valence-corrected chi connectivity index (χ4v) is 2.96. The second-order valence-electron chi connectivity index (χ2n) is 4.00. The minimum absolute atomic E-state index is 0.00973. The maximum atomic E-state index is 13.5. The number of rotatable bonds is 3. The van der Waals surface area contributed by atoms with Crippen LogP contribution in [0.5, 0.6) is 0 Å². The van der Waals surface area contributed by atoms with Crippen molar-refractivity contribution in [3.8, 4) is 0 Å². The van der Waals surface area contributed by atoms with E-state index in [9.17, 15) is 12.8 Å². The van der Waals surface area contributed by atoms with E-state index in [1.54, 1.807) is 31.4 Å². The van der Waals surface area contributed by atoms with Gasteiger partial charge in [-0.15, -0.1) is 0 Å². The number of aromatic nitrogens is 1. The average molecular weight is 288 g/mol. The molecule has 0 saturated heterocycles. The van der Waals surface area contributed by atoms with Gasteiger partial charge in [0.15, 0.2) is 5.03 Å². The Morgan fingerprint density at radius 3 is 2.56 bits per heavy atom. The van der Waals surface area contributed by atoms with Gasteiger partial charge in [-0.25, -0.2) is 12.8 Å². The molecule has 2 rings (SSSR count). The van der Waals surface area contributed by atoms with E-state index in [1.165, 1.54) is 16.7 Å². The van der Waals surface area contributed by atoms with Crippen LogP contribution in [0.2, 0.25) is 0 Å². The molecule has 0 aliphatic rings. The van der Waals surface area contributed by atoms with Crippen molar-refractivity contribution in [3.63, 3.8) is 0 Å². The predicted octanol–water partition coefficient (Wildman–Crippen LogP) is 2.68. The van der Waals surface area contributed by atoms with Gasteiger partial charge in [-0.2, -0.15) is 0 Å². The molecule has 0 aliphatic carbocycles. The van der Waals surface area contributed by atoms with Crippen LogP contribution in [-0.2, 0) is 22.5 Å². The first-order valence-electron chi connectivity index (χ1n) is 5.21. The SMILES string of the molecule is Cn1cc(Cc2ccccc2F)cc1S(=O)(=O)Cl. The first-order valence-corrected chi connectivity index (χ1v) is 7.52. The van der Waals surface area contributed by atoms with Crippen molar-refractivity contribution in [1.82, 2.24) is 4.57 Å². The van der Waals surface area contributed by atoms with Gasteiger partial charge in [-0.3, -0.25) is 0 Å². The van der Waals surface area contributed by atoms with Gasteiger partial charge in [-0.05, 0) is 23.3 Å². The summed E-state index contributed by atoms with van der Waals surface area (Å²) in [6, 6.07) is 7.84. The van der Waals surface area contributed by atoms with Gasteiger partial charge in [0, 0.05) is 30.3 Å². The Hall–Kier alpha value is -1.33. The van der Waals surface area contributed by atoms with Crippen molar-refractivity contribution in [1.29, 1.82) is 0 Å². The third-order valence-electron chi connectivity index (χ3n) is 2.62. The molecule has 96 valence electrons. The van der Waals surface area contributed by atoms with Crippen LogP contribution in [0.15, 0.2) is 41.6 Å². The van der Waals surface area contributed by atoms with Crippen molar-refractivity contribution in [3.05, 3.63) is 53.5 Å². The summed E-state index contributed by atoms with van der Waals surface area (Å²) in [6.07, 6.45) is 1.95. The molecule has 0 radical (unpaired) electrons. The number of hydrogen-bond acceptors (Lipinski definition) is 2. The van der Waals surface area contributed by atoms with Crippen LogP contribution in [0.25, 0.3) is 0 Å². The number of nitrogens with zero attached hydrogens (tertiary/aromatic N) is 1. The van der Waals surface area contributed by atoms with Crippen molar-refractivity contribution >= 4 is 19.7 Å². The Kier molecular flexibility index (Phi) is 3.45. The summed E-state index contributed by atoms with van der Waals surface area (Å²) < 4.78 is 37.4. The van der Waals surface area contributed by atoms with Crippen LogP contribution in [0, 0.1) is 5.82 Å². The lowest BCUT2D eigenvalue weighted by Gasteiger charge is -1.99. The van der Waals surface area contributed by atoms with E-state index < -0.39 is 9.05 Å². The fraction of sp³-hybridized carbons (Fsp3) is 0.167. The highest BCUT2D eigenvalue weighted by Gasteiger charge is 2.16. The summed E-state index contributed by atoms with van der Waals surface area (Å²) in [7, 11) is 3.10. The van der Waals surface area contributed by atoms with E-state index in [2.05, 4.69) is 0 Å². The van der Waals surface area contributed by atoms with Gasteiger partial charge in [-0.1, -0.05) is 18.2 Å². The van der Waals surface area contributed by atoms with Crippen LogP contribution in [0.4, 0.5) is 4.39 Å². The van der Waals surface area contributed by atoms with Gasteiger partial charge in [0.05, 0.1) is 0 Å². The first-order chi connectivity index (χ1) is 8.38. The average Bonchev–Trinajstić information content (AvgIpc) is 2.63. The predicted molar refractivity (Wildman–Crippen MR) is 67.7 cm³/mol. The van der Waals surface area contributed by atoms with E-state index in [-0.39, 0.29) is 10.8 Å². The summed E-state index contributed by atoms with van der Waals surface area (Å²) in [5, 5.41) is 0.00973. The van der Waals surface area contributed by atoms with Crippen LogP contribution in [0.1, 0.15) is 11.1 Å². The molecule has 3 nitrogen and oxygen atoms in total. The number of benzene rings is 1. The molecule has 2 aromatic rings. The Morgan fingerprint density at radius 1 is 1.33 bits per heavy atom. The highest BCUT2D eigenvalue weighted by molar-refractivity contribution is 8.13. The topological polar surface area (TPSA) is 39.1 Å². The molecule has 0 saturated carbocycles. The molecule has 0 N–H and O–H groups in total. The summed E-state index contributed by atoms with van der Waals surface area (Å²) in [4.78, 5) is 0. The van der Waals surface area contributed by atoms with Crippen LogP contribution in [0.3, 0.4) is 0 Å². The monoisotopic (exact) mass is 287 g/mol. The normalized spacial score (nSPS) is 11.7. The Bertz CT molecular complexity index is 679. The smallest absolute Gasteiger partial charge is 0.276 e. The summed E-state index contributed by atoms with van der Waals surface area (Å²) in [5.74, 6) is -0.309. The summed E-state index contributed by atoms with van der Waals surface area (Å²) in [5.41, 5.74) is 1.21. The third kappa shape index (κ3) is 2.73. The number of aryl methyl sites for hydroxylation is 1. The van der Waals surface area contributed by atoms with Gasteiger partial charge < -0.3 is 4.57 Å². The molecular formula is C12H11ClFNO2S. The molecule has 0 unspecified atom stereocenters. The lowest BCUT2D eigenvalue weighted by Crippen LogP contribution is -1.97. The second-order valence-corrected chi connectivity index (χ2v) is 6.52. The van der Waals surface area contributed by atoms with Crippen molar-refractivity contribution in [2.45, 2.75) is 11.4 Å². The molecule has 0 spiro atoms. The minimum Gasteiger partial charge on any atom is -0.341 e. The Balaban J connectivity index is 2.35. The second kappa shape index (κ2) is 4.74. The molecular weight excluding hydrogens is 277 g/mol. The van der Waals surface area contributed by atoms with Gasteiger partial charge in [0.25, 0.3) is 9.05 Å². The van der Waals surface area contributed by atoms with Crippen molar-refractivity contribution in [2.75, 3.05) is 0 Å². The Morgan fingerprint density at radius 2 is 2.00 bits per heavy atom. The van der Waals surface area contributed by atoms with E-state index in [1.807, 2.05) is 0 Å². The molecule has 0 aliphatic heterocycles. The van der Waals surface area contributed by atoms with Crippen LogP contribution in [-0.4, -0.2) is 13.0 Å². The maximum absolute atomic E-state index is 13.5. The Labute approximate surface area is 109 Å². The van der Waals surface area contributed by atoms with E-state index >= 15 is 0 Å². The third-order valence-corrected chi connectivity index (χ3v) is 4.00. The summed E-state index contributed by atoms with van der Waals surface area (Å²) in [6.45, 7) is 0.